The van der Waals surface area contributed by atoms with E-state index in [0.717, 1.165) is 47.4 Å². The van der Waals surface area contributed by atoms with Crippen LogP contribution < -0.4 is 24.6 Å². The number of methoxy groups -OCH3 is 1. The molecule has 2 aromatic carbocycles. The Bertz CT molecular complexity index is 1500. The number of halogens is 5. The summed E-state index contributed by atoms with van der Waals surface area (Å²) in [6.45, 7) is -3.22. The van der Waals surface area contributed by atoms with Crippen LogP contribution in [0.4, 0.5) is 33.6 Å². The third-order valence-electron chi connectivity index (χ3n) is 6.80. The van der Waals surface area contributed by atoms with Gasteiger partial charge in [-0.25, -0.2) is 18.2 Å². The molecule has 2 saturated heterocycles. The average molecular weight is 576 g/mol. The van der Waals surface area contributed by atoms with Crippen molar-refractivity contribution in [3.05, 3.63) is 77.1 Å². The summed E-state index contributed by atoms with van der Waals surface area (Å²) in [5.74, 6) is -7.23. The number of alkyl halides is 2. The molecule has 2 aliphatic rings. The van der Waals surface area contributed by atoms with E-state index in [1.54, 1.807) is 0 Å². The van der Waals surface area contributed by atoms with E-state index in [0.29, 0.717) is 6.54 Å². The monoisotopic (exact) mass is 576 g/mol. The fraction of sp³-hybridized carbons (Fsp3) is 0.259. The van der Waals surface area contributed by atoms with Crippen molar-refractivity contribution in [1.29, 1.82) is 0 Å². The number of hydrogen-bond acceptors (Lipinski definition) is 6. The lowest BCUT2D eigenvalue weighted by atomic mass is 9.92. The average Bonchev–Trinajstić information content (AvgIpc) is 3.23. The largest absolute Gasteiger partial charge is 0.497 e. The van der Waals surface area contributed by atoms with Crippen molar-refractivity contribution in [3.63, 3.8) is 0 Å². The van der Waals surface area contributed by atoms with Crippen molar-refractivity contribution in [1.82, 2.24) is 10.3 Å². The molecule has 0 radical (unpaired) electrons. The molecule has 14 heteroatoms. The summed E-state index contributed by atoms with van der Waals surface area (Å²) in [7, 11) is 1.21. The summed E-state index contributed by atoms with van der Waals surface area (Å²) < 4.78 is 79.4. The molecule has 3 aromatic rings. The van der Waals surface area contributed by atoms with Gasteiger partial charge >= 0.3 is 6.61 Å². The van der Waals surface area contributed by atoms with E-state index in [2.05, 4.69) is 15.0 Å². The van der Waals surface area contributed by atoms with Crippen LogP contribution in [0.25, 0.3) is 0 Å². The van der Waals surface area contributed by atoms with Crippen molar-refractivity contribution >= 4 is 29.4 Å². The number of rotatable bonds is 8. The van der Waals surface area contributed by atoms with E-state index in [4.69, 9.17) is 4.74 Å². The molecule has 0 bridgehead atoms. The highest BCUT2D eigenvalue weighted by Gasteiger charge is 2.46. The first kappa shape index (κ1) is 27.8. The van der Waals surface area contributed by atoms with Crippen LogP contribution >= 0.6 is 0 Å². The zero-order chi connectivity index (χ0) is 29.4. The number of pyridine rings is 1. The standard InChI is InChI=1S/C27H21F5N4O5/c1-40-15-10-18(29)22(19(30)11-15)16-12-36(24-17(28)6-7-20(33-24)35-9-8-21(35)37)26(39)23(16)34-25(38)13-2-4-14(5-3-13)41-27(31)32/h2-7,10-11,16,23,27H,8-9,12H2,1H3,(H,34,38)/t16-,23?/m0/s1. The first-order valence-electron chi connectivity index (χ1n) is 12.2. The van der Waals surface area contributed by atoms with Crippen molar-refractivity contribution in [2.24, 2.45) is 0 Å². The van der Waals surface area contributed by atoms with E-state index < -0.39 is 65.8 Å². The number of nitrogens with zero attached hydrogens (tertiary/aromatic N) is 3. The van der Waals surface area contributed by atoms with E-state index in [1.165, 1.54) is 18.1 Å². The van der Waals surface area contributed by atoms with Crippen LogP contribution in [0.15, 0.2) is 48.5 Å². The van der Waals surface area contributed by atoms with Gasteiger partial charge in [-0.2, -0.15) is 8.78 Å². The number of hydrogen-bond donors (Lipinski definition) is 1. The summed E-state index contributed by atoms with van der Waals surface area (Å²) in [6, 6.07) is 7.00. The number of anilines is 2. The summed E-state index contributed by atoms with van der Waals surface area (Å²) in [5.41, 5.74) is -0.628. The molecule has 3 amide bonds. The highest BCUT2D eigenvalue weighted by Crippen LogP contribution is 2.37. The summed E-state index contributed by atoms with van der Waals surface area (Å²) in [6.07, 6.45) is 0.276. The molecule has 5 rings (SSSR count). The molecule has 2 atom stereocenters. The minimum atomic E-state index is -3.08. The quantitative estimate of drug-likeness (QED) is 0.324. The van der Waals surface area contributed by atoms with E-state index in [9.17, 15) is 27.6 Å². The number of carbonyl (C=O) groups excluding carboxylic acids is 3. The molecule has 214 valence electrons. The smallest absolute Gasteiger partial charge is 0.387 e. The number of carbonyl (C=O) groups is 3. The third-order valence-corrected chi connectivity index (χ3v) is 6.80. The molecule has 9 nitrogen and oxygen atoms in total. The Hall–Kier alpha value is -4.75. The van der Waals surface area contributed by atoms with E-state index in [-0.39, 0.29) is 35.2 Å². The van der Waals surface area contributed by atoms with Gasteiger partial charge in [0.1, 0.15) is 35.0 Å². The number of nitrogens with one attached hydrogen (secondary N) is 1. The van der Waals surface area contributed by atoms with Gasteiger partial charge in [-0.1, -0.05) is 0 Å². The normalized spacial score (nSPS) is 18.5. The fourth-order valence-corrected chi connectivity index (χ4v) is 4.71. The molecule has 2 aliphatic heterocycles. The van der Waals surface area contributed by atoms with Gasteiger partial charge in [0.05, 0.1) is 7.11 Å². The fourth-order valence-electron chi connectivity index (χ4n) is 4.71. The number of β-lactam (4-membered cyclic amide) rings is 1. The summed E-state index contributed by atoms with van der Waals surface area (Å²) in [4.78, 5) is 44.8. The molecule has 1 aromatic heterocycles. The van der Waals surface area contributed by atoms with Gasteiger partial charge in [0.25, 0.3) is 11.8 Å². The van der Waals surface area contributed by atoms with Crippen LogP contribution in [0.1, 0.15) is 28.3 Å². The lowest BCUT2D eigenvalue weighted by Crippen LogP contribution is -2.45. The molecule has 3 heterocycles. The molecule has 41 heavy (non-hydrogen) atoms. The van der Waals surface area contributed by atoms with Crippen molar-refractivity contribution < 1.29 is 45.8 Å². The molecular formula is C27H21F5N4O5. The van der Waals surface area contributed by atoms with Crippen LogP contribution in [0.2, 0.25) is 0 Å². The zero-order valence-corrected chi connectivity index (χ0v) is 21.2. The van der Waals surface area contributed by atoms with Crippen molar-refractivity contribution in [2.45, 2.75) is 25.0 Å². The number of aromatic nitrogens is 1. The number of ether oxygens (including phenoxy) is 2. The van der Waals surface area contributed by atoms with E-state index in [1.807, 2.05) is 0 Å². The second kappa shape index (κ2) is 11.0. The van der Waals surface area contributed by atoms with Crippen LogP contribution in [0.3, 0.4) is 0 Å². The predicted molar refractivity (Wildman–Crippen MR) is 133 cm³/mol. The van der Waals surface area contributed by atoms with Crippen molar-refractivity contribution in [2.75, 3.05) is 30.0 Å². The molecule has 2 fully saturated rings. The Morgan fingerprint density at radius 2 is 1.66 bits per heavy atom. The van der Waals surface area contributed by atoms with Crippen molar-refractivity contribution in [3.8, 4) is 11.5 Å². The van der Waals surface area contributed by atoms with Gasteiger partial charge < -0.3 is 14.8 Å². The van der Waals surface area contributed by atoms with Gasteiger partial charge in [-0.05, 0) is 36.4 Å². The second-order valence-corrected chi connectivity index (χ2v) is 9.18. The van der Waals surface area contributed by atoms with Crippen LogP contribution in [-0.4, -0.2) is 55.6 Å². The number of amides is 3. The maximum atomic E-state index is 15.2. The van der Waals surface area contributed by atoms with Crippen LogP contribution in [-0.2, 0) is 9.59 Å². The lowest BCUT2D eigenvalue weighted by molar-refractivity contribution is -0.122. The first-order valence-corrected chi connectivity index (χ1v) is 12.2. The van der Waals surface area contributed by atoms with Crippen LogP contribution in [0, 0.1) is 17.5 Å². The molecule has 0 aliphatic carbocycles. The first-order chi connectivity index (χ1) is 19.6. The topological polar surface area (TPSA) is 101 Å². The van der Waals surface area contributed by atoms with Gasteiger partial charge in [-0.3, -0.25) is 24.2 Å². The van der Waals surface area contributed by atoms with Gasteiger partial charge in [0.15, 0.2) is 11.6 Å². The van der Waals surface area contributed by atoms with Gasteiger partial charge in [0, 0.05) is 48.7 Å². The Labute approximate surface area is 229 Å². The predicted octanol–water partition coefficient (Wildman–Crippen LogP) is 3.77. The number of benzene rings is 2. The Morgan fingerprint density at radius 3 is 2.22 bits per heavy atom. The second-order valence-electron chi connectivity index (χ2n) is 9.18. The molecule has 0 saturated carbocycles. The Kier molecular flexibility index (Phi) is 7.47. The lowest BCUT2D eigenvalue weighted by Gasteiger charge is -2.30. The molecular weight excluding hydrogens is 555 g/mol. The minimum absolute atomic E-state index is 0.0742. The Morgan fingerprint density at radius 1 is 0.976 bits per heavy atom. The van der Waals surface area contributed by atoms with Gasteiger partial charge in [0.2, 0.25) is 5.91 Å². The maximum Gasteiger partial charge on any atom is 0.387 e. The minimum Gasteiger partial charge on any atom is -0.497 e. The zero-order valence-electron chi connectivity index (χ0n) is 21.2. The van der Waals surface area contributed by atoms with Gasteiger partial charge in [-0.15, -0.1) is 0 Å². The molecule has 0 spiro atoms. The maximum absolute atomic E-state index is 15.2. The highest BCUT2D eigenvalue weighted by atomic mass is 19.3. The highest BCUT2D eigenvalue weighted by molar-refractivity contribution is 6.05. The Balaban J connectivity index is 1.50. The molecule has 1 N–H and O–H groups in total. The SMILES string of the molecule is COc1cc(F)c([C@@H]2CN(c3nc(N4CCC4=O)ccc3F)C(=O)C2NC(=O)c2ccc(OC(F)F)cc2)c(F)c1. The third kappa shape index (κ3) is 5.36. The summed E-state index contributed by atoms with van der Waals surface area (Å²) in [5, 5.41) is 2.42. The molecule has 1 unspecified atom stereocenters. The summed E-state index contributed by atoms with van der Waals surface area (Å²) >= 11 is 0. The van der Waals surface area contributed by atoms with Crippen LogP contribution in [0.5, 0.6) is 11.5 Å². The van der Waals surface area contributed by atoms with E-state index >= 15 is 8.78 Å².